The number of hydrogen-bond acceptors (Lipinski definition) is 5. The minimum atomic E-state index is -0.398. The van der Waals surface area contributed by atoms with Crippen molar-refractivity contribution in [3.63, 3.8) is 0 Å². The number of nitrogens with one attached hydrogen (secondary N) is 1. The summed E-state index contributed by atoms with van der Waals surface area (Å²) in [4.78, 5) is 16.2. The van der Waals surface area contributed by atoms with Gasteiger partial charge >= 0.3 is 0 Å². The Morgan fingerprint density at radius 1 is 1.21 bits per heavy atom. The van der Waals surface area contributed by atoms with Crippen LogP contribution in [0.1, 0.15) is 16.2 Å². The number of nitrogens with zero attached hydrogens (tertiary/aromatic N) is 2. The summed E-state index contributed by atoms with van der Waals surface area (Å²) in [6.07, 6.45) is 0. The Hall–Kier alpha value is -3.22. The molecule has 0 unspecified atom stereocenters. The highest BCUT2D eigenvalue weighted by molar-refractivity contribution is 5.94. The smallest absolute Gasteiger partial charge is 0.251 e. The van der Waals surface area contributed by atoms with E-state index in [1.54, 1.807) is 13.2 Å². The third kappa shape index (κ3) is 3.40. The van der Waals surface area contributed by atoms with E-state index in [-0.39, 0.29) is 18.3 Å². The number of methoxy groups -OCH3 is 1. The zero-order chi connectivity index (χ0) is 16.9. The van der Waals surface area contributed by atoms with E-state index in [4.69, 9.17) is 9.26 Å². The average molecular weight is 327 g/mol. The topological polar surface area (TPSA) is 77.3 Å². The van der Waals surface area contributed by atoms with Crippen molar-refractivity contribution in [1.29, 1.82) is 0 Å². The van der Waals surface area contributed by atoms with Gasteiger partial charge in [0.1, 0.15) is 11.6 Å². The quantitative estimate of drug-likeness (QED) is 0.780. The Morgan fingerprint density at radius 3 is 2.71 bits per heavy atom. The van der Waals surface area contributed by atoms with Gasteiger partial charge in [0.2, 0.25) is 11.7 Å². The molecule has 0 saturated heterocycles. The summed E-state index contributed by atoms with van der Waals surface area (Å²) in [6.45, 7) is 0.0678. The first-order chi connectivity index (χ1) is 11.7. The average Bonchev–Trinajstić information content (AvgIpc) is 3.09. The lowest BCUT2D eigenvalue weighted by atomic mass is 10.2. The summed E-state index contributed by atoms with van der Waals surface area (Å²) in [5.41, 5.74) is 1.04. The monoisotopic (exact) mass is 327 g/mol. The van der Waals surface area contributed by atoms with Crippen LogP contribution in [0.5, 0.6) is 5.75 Å². The zero-order valence-corrected chi connectivity index (χ0v) is 12.8. The lowest BCUT2D eigenvalue weighted by Gasteiger charge is -2.03. The second-order valence-corrected chi connectivity index (χ2v) is 4.90. The van der Waals surface area contributed by atoms with Crippen molar-refractivity contribution in [2.45, 2.75) is 6.54 Å². The van der Waals surface area contributed by atoms with Crippen molar-refractivity contribution in [3.8, 4) is 17.1 Å². The summed E-state index contributed by atoms with van der Waals surface area (Å²) in [6, 6.07) is 12.5. The van der Waals surface area contributed by atoms with E-state index in [1.807, 2.05) is 18.2 Å². The van der Waals surface area contributed by atoms with Crippen molar-refractivity contribution in [2.24, 2.45) is 0 Å². The molecule has 0 bridgehead atoms. The number of halogens is 1. The molecule has 1 heterocycles. The molecule has 0 aliphatic carbocycles. The molecule has 0 fully saturated rings. The Balaban J connectivity index is 1.68. The number of hydrogen-bond donors (Lipinski definition) is 1. The molecule has 24 heavy (non-hydrogen) atoms. The van der Waals surface area contributed by atoms with Crippen molar-refractivity contribution in [2.75, 3.05) is 7.11 Å². The highest BCUT2D eigenvalue weighted by atomic mass is 19.1. The summed E-state index contributed by atoms with van der Waals surface area (Å²) >= 11 is 0. The minimum Gasteiger partial charge on any atom is -0.496 e. The number of aromatic nitrogens is 2. The van der Waals surface area contributed by atoms with E-state index in [9.17, 15) is 9.18 Å². The highest BCUT2D eigenvalue weighted by Gasteiger charge is 2.13. The molecule has 122 valence electrons. The largest absolute Gasteiger partial charge is 0.496 e. The van der Waals surface area contributed by atoms with Gasteiger partial charge in [-0.3, -0.25) is 4.79 Å². The lowest BCUT2D eigenvalue weighted by Crippen LogP contribution is -2.22. The van der Waals surface area contributed by atoms with Gasteiger partial charge in [-0.25, -0.2) is 4.39 Å². The molecule has 1 N–H and O–H groups in total. The van der Waals surface area contributed by atoms with E-state index in [1.165, 1.54) is 24.3 Å². The van der Waals surface area contributed by atoms with Gasteiger partial charge in [-0.2, -0.15) is 4.98 Å². The van der Waals surface area contributed by atoms with Crippen molar-refractivity contribution >= 4 is 5.91 Å². The Bertz CT molecular complexity index is 846. The molecule has 0 radical (unpaired) electrons. The summed E-state index contributed by atoms with van der Waals surface area (Å²) < 4.78 is 23.2. The fourth-order valence-electron chi connectivity index (χ4n) is 2.12. The SMILES string of the molecule is COc1ccccc1-c1noc(CNC(=O)c2ccc(F)cc2)n1. The number of para-hydroxylation sites is 1. The second kappa shape index (κ2) is 6.91. The van der Waals surface area contributed by atoms with Crippen molar-refractivity contribution < 1.29 is 18.4 Å². The van der Waals surface area contributed by atoms with Crippen LogP contribution in [-0.4, -0.2) is 23.2 Å². The molecule has 1 aromatic heterocycles. The molecule has 6 nitrogen and oxygen atoms in total. The molecule has 0 saturated carbocycles. The first-order valence-electron chi connectivity index (χ1n) is 7.17. The molecule has 0 aliphatic rings. The molecule has 0 aliphatic heterocycles. The number of benzene rings is 2. The Labute approximate surface area is 137 Å². The second-order valence-electron chi connectivity index (χ2n) is 4.90. The molecule has 2 aromatic carbocycles. The maximum absolute atomic E-state index is 12.9. The maximum Gasteiger partial charge on any atom is 0.251 e. The summed E-state index contributed by atoms with van der Waals surface area (Å²) in [7, 11) is 1.56. The number of carbonyl (C=O) groups is 1. The van der Waals surface area contributed by atoms with E-state index in [0.717, 1.165) is 0 Å². The van der Waals surface area contributed by atoms with E-state index >= 15 is 0 Å². The van der Waals surface area contributed by atoms with Crippen molar-refractivity contribution in [1.82, 2.24) is 15.5 Å². The van der Waals surface area contributed by atoms with Crippen molar-refractivity contribution in [3.05, 3.63) is 65.8 Å². The van der Waals surface area contributed by atoms with Crippen LogP contribution < -0.4 is 10.1 Å². The van der Waals surface area contributed by atoms with Gasteiger partial charge in [-0.1, -0.05) is 17.3 Å². The van der Waals surface area contributed by atoms with Crippen LogP contribution in [0, 0.1) is 5.82 Å². The molecular weight excluding hydrogens is 313 g/mol. The zero-order valence-electron chi connectivity index (χ0n) is 12.8. The standard InChI is InChI=1S/C17H14FN3O3/c1-23-14-5-3-2-4-13(14)16-20-15(24-21-16)10-19-17(22)11-6-8-12(18)9-7-11/h2-9H,10H2,1H3,(H,19,22). The van der Waals surface area contributed by atoms with Gasteiger partial charge in [-0.05, 0) is 36.4 Å². The van der Waals surface area contributed by atoms with Crippen LogP contribution in [0.25, 0.3) is 11.4 Å². The predicted octanol–water partition coefficient (Wildman–Crippen LogP) is 2.81. The van der Waals surface area contributed by atoms with Crippen LogP contribution in [0.2, 0.25) is 0 Å². The Morgan fingerprint density at radius 2 is 1.96 bits per heavy atom. The van der Waals surface area contributed by atoms with Crippen LogP contribution in [0.3, 0.4) is 0 Å². The summed E-state index contributed by atoms with van der Waals surface area (Å²) in [5, 5.41) is 6.53. The van der Waals surface area contributed by atoms with Gasteiger partial charge < -0.3 is 14.6 Å². The first-order valence-corrected chi connectivity index (χ1v) is 7.17. The highest BCUT2D eigenvalue weighted by Crippen LogP contribution is 2.26. The first kappa shape index (κ1) is 15.7. The third-order valence-electron chi connectivity index (χ3n) is 3.32. The minimum absolute atomic E-state index is 0.0678. The molecule has 3 rings (SSSR count). The molecule has 1 amide bonds. The number of ether oxygens (including phenoxy) is 1. The van der Waals surface area contributed by atoms with Crippen LogP contribution >= 0.6 is 0 Å². The van der Waals surface area contributed by atoms with E-state index < -0.39 is 5.82 Å². The predicted molar refractivity (Wildman–Crippen MR) is 83.9 cm³/mol. The van der Waals surface area contributed by atoms with Crippen LogP contribution in [0.4, 0.5) is 4.39 Å². The molecular formula is C17H14FN3O3. The van der Waals surface area contributed by atoms with E-state index in [2.05, 4.69) is 15.5 Å². The fourth-order valence-corrected chi connectivity index (χ4v) is 2.12. The van der Waals surface area contributed by atoms with Gasteiger partial charge in [0, 0.05) is 5.56 Å². The molecule has 0 spiro atoms. The van der Waals surface area contributed by atoms with Crippen LogP contribution in [-0.2, 0) is 6.54 Å². The number of amides is 1. The van der Waals surface area contributed by atoms with Crippen LogP contribution in [0.15, 0.2) is 53.1 Å². The third-order valence-corrected chi connectivity index (χ3v) is 3.32. The van der Waals surface area contributed by atoms with E-state index in [0.29, 0.717) is 22.7 Å². The molecule has 0 atom stereocenters. The normalized spacial score (nSPS) is 10.4. The van der Waals surface area contributed by atoms with Gasteiger partial charge in [0.05, 0.1) is 19.2 Å². The summed E-state index contributed by atoms with van der Waals surface area (Å²) in [5.74, 6) is 0.502. The lowest BCUT2D eigenvalue weighted by molar-refractivity contribution is 0.0946. The fraction of sp³-hybridized carbons (Fsp3) is 0.118. The molecule has 3 aromatic rings. The maximum atomic E-state index is 12.9. The van der Waals surface area contributed by atoms with Gasteiger partial charge in [-0.15, -0.1) is 0 Å². The van der Waals surface area contributed by atoms with Gasteiger partial charge in [0.25, 0.3) is 5.91 Å². The number of carbonyl (C=O) groups excluding carboxylic acids is 1. The van der Waals surface area contributed by atoms with Gasteiger partial charge in [0.15, 0.2) is 0 Å². The molecule has 7 heteroatoms. The Kier molecular flexibility index (Phi) is 4.51. The number of rotatable bonds is 5.